The second-order valence-electron chi connectivity index (χ2n) is 6.81. The number of rotatable bonds is 2. The summed E-state index contributed by atoms with van der Waals surface area (Å²) in [4.78, 5) is 19.5. The number of aliphatic hydroxyl groups is 1. The summed E-state index contributed by atoms with van der Waals surface area (Å²) in [7, 11) is 0. The van der Waals surface area contributed by atoms with E-state index in [9.17, 15) is 9.90 Å². The van der Waals surface area contributed by atoms with E-state index in [4.69, 9.17) is 5.73 Å². The highest BCUT2D eigenvalue weighted by atomic mass is 32.1. The quantitative estimate of drug-likeness (QED) is 0.886. The highest BCUT2D eigenvalue weighted by Crippen LogP contribution is 2.40. The predicted molar refractivity (Wildman–Crippen MR) is 91.6 cm³/mol. The molecule has 2 aliphatic rings. The Labute approximate surface area is 139 Å². The molecule has 0 radical (unpaired) electrons. The summed E-state index contributed by atoms with van der Waals surface area (Å²) in [5.74, 6) is 0.466. The van der Waals surface area contributed by atoms with Crippen LogP contribution in [-0.4, -0.2) is 39.6 Å². The van der Waals surface area contributed by atoms with Crippen molar-refractivity contribution in [3.8, 4) is 0 Å². The molecule has 23 heavy (non-hydrogen) atoms. The Bertz CT molecular complexity index is 759. The van der Waals surface area contributed by atoms with E-state index >= 15 is 0 Å². The van der Waals surface area contributed by atoms with Crippen molar-refractivity contribution in [3.63, 3.8) is 0 Å². The number of aliphatic hydroxyl groups excluding tert-OH is 1. The summed E-state index contributed by atoms with van der Waals surface area (Å²) >= 11 is 1.43. The number of hydrogen-bond donors (Lipinski definition) is 2. The van der Waals surface area contributed by atoms with E-state index in [2.05, 4.69) is 9.88 Å². The van der Waals surface area contributed by atoms with Crippen molar-refractivity contribution in [2.45, 2.75) is 44.7 Å². The Morgan fingerprint density at radius 3 is 2.74 bits per heavy atom. The molecule has 3 heterocycles. The SMILES string of the molecule is Cc1cc(C(=O)N2[C@@H]3CC[C@H]2CC(CO)C3)cc2sc(N)nc12. The number of aromatic nitrogens is 1. The number of carbonyl (C=O) groups excluding carboxylic acids is 1. The van der Waals surface area contributed by atoms with Crippen molar-refractivity contribution < 1.29 is 9.90 Å². The molecule has 1 unspecified atom stereocenters. The maximum absolute atomic E-state index is 13.1. The summed E-state index contributed by atoms with van der Waals surface area (Å²) in [6.07, 6.45) is 3.96. The Morgan fingerprint density at radius 2 is 2.09 bits per heavy atom. The molecule has 0 saturated carbocycles. The molecule has 2 aromatic rings. The van der Waals surface area contributed by atoms with Crippen LogP contribution in [0, 0.1) is 12.8 Å². The maximum Gasteiger partial charge on any atom is 0.254 e. The minimum atomic E-state index is 0.117. The highest BCUT2D eigenvalue weighted by Gasteiger charge is 2.43. The van der Waals surface area contributed by atoms with Gasteiger partial charge in [-0.05, 0) is 56.2 Å². The lowest BCUT2D eigenvalue weighted by Gasteiger charge is -2.38. The van der Waals surface area contributed by atoms with Gasteiger partial charge in [-0.15, -0.1) is 0 Å². The lowest BCUT2D eigenvalue weighted by atomic mass is 9.91. The van der Waals surface area contributed by atoms with E-state index in [0.29, 0.717) is 11.0 Å². The maximum atomic E-state index is 13.1. The molecule has 6 heteroatoms. The van der Waals surface area contributed by atoms with Gasteiger partial charge in [-0.2, -0.15) is 0 Å². The van der Waals surface area contributed by atoms with Crippen molar-refractivity contribution in [3.05, 3.63) is 23.3 Å². The van der Waals surface area contributed by atoms with E-state index in [1.54, 1.807) is 0 Å². The summed E-state index contributed by atoms with van der Waals surface area (Å²) in [5, 5.41) is 9.97. The second-order valence-corrected chi connectivity index (χ2v) is 7.87. The first-order chi connectivity index (χ1) is 11.1. The standard InChI is InChI=1S/C17H21N3O2S/c1-9-4-11(7-14-15(9)19-17(18)23-14)16(22)20-12-2-3-13(20)6-10(5-12)8-21/h4,7,10,12-13,21H,2-3,5-6,8H2,1H3,(H2,18,19)/t10?,12-,13+. The summed E-state index contributed by atoms with van der Waals surface area (Å²) < 4.78 is 0.975. The van der Waals surface area contributed by atoms with Crippen molar-refractivity contribution >= 4 is 32.6 Å². The van der Waals surface area contributed by atoms with Crippen LogP contribution in [0.2, 0.25) is 0 Å². The smallest absolute Gasteiger partial charge is 0.254 e. The first-order valence-corrected chi connectivity index (χ1v) is 8.98. The number of anilines is 1. The fraction of sp³-hybridized carbons (Fsp3) is 0.529. The van der Waals surface area contributed by atoms with Gasteiger partial charge in [0.1, 0.15) is 0 Å². The van der Waals surface area contributed by atoms with Crippen LogP contribution in [0.5, 0.6) is 0 Å². The summed E-state index contributed by atoms with van der Waals surface area (Å²) in [6, 6.07) is 4.42. The number of aryl methyl sites for hydroxylation is 1. The molecular formula is C17H21N3O2S. The number of amides is 1. The first-order valence-electron chi connectivity index (χ1n) is 8.17. The van der Waals surface area contributed by atoms with Crippen LogP contribution in [0.15, 0.2) is 12.1 Å². The van der Waals surface area contributed by atoms with Crippen LogP contribution in [0.3, 0.4) is 0 Å². The molecule has 1 aromatic heterocycles. The third-order valence-corrected chi connectivity index (χ3v) is 6.10. The molecule has 0 spiro atoms. The van der Waals surface area contributed by atoms with Crippen LogP contribution in [0.1, 0.15) is 41.6 Å². The van der Waals surface area contributed by atoms with Gasteiger partial charge in [0.05, 0.1) is 10.2 Å². The fourth-order valence-electron chi connectivity index (χ4n) is 4.26. The van der Waals surface area contributed by atoms with E-state index in [-0.39, 0.29) is 24.6 Å². The molecule has 2 bridgehead atoms. The molecule has 1 amide bonds. The van der Waals surface area contributed by atoms with Crippen molar-refractivity contribution in [2.24, 2.45) is 5.92 Å². The van der Waals surface area contributed by atoms with Crippen molar-refractivity contribution in [1.82, 2.24) is 9.88 Å². The largest absolute Gasteiger partial charge is 0.396 e. The van der Waals surface area contributed by atoms with Gasteiger partial charge in [-0.1, -0.05) is 11.3 Å². The highest BCUT2D eigenvalue weighted by molar-refractivity contribution is 7.22. The molecule has 1 aromatic carbocycles. The molecule has 3 N–H and O–H groups in total. The van der Waals surface area contributed by atoms with Gasteiger partial charge in [0.15, 0.2) is 5.13 Å². The lowest BCUT2D eigenvalue weighted by Crippen LogP contribution is -2.47. The Morgan fingerprint density at radius 1 is 1.39 bits per heavy atom. The molecule has 2 fully saturated rings. The summed E-state index contributed by atoms with van der Waals surface area (Å²) in [6.45, 7) is 2.21. The van der Waals surface area contributed by atoms with Crippen LogP contribution in [0.4, 0.5) is 5.13 Å². The van der Waals surface area contributed by atoms with Gasteiger partial charge >= 0.3 is 0 Å². The monoisotopic (exact) mass is 331 g/mol. The predicted octanol–water partition coefficient (Wildman–Crippen LogP) is 2.56. The van der Waals surface area contributed by atoms with Crippen LogP contribution in [0.25, 0.3) is 10.2 Å². The number of hydrogen-bond acceptors (Lipinski definition) is 5. The third-order valence-electron chi connectivity index (χ3n) is 5.27. The number of nitrogen functional groups attached to an aromatic ring is 1. The van der Waals surface area contributed by atoms with Crippen LogP contribution >= 0.6 is 11.3 Å². The van der Waals surface area contributed by atoms with E-state index < -0.39 is 0 Å². The number of piperidine rings is 1. The number of fused-ring (bicyclic) bond motifs is 3. The van der Waals surface area contributed by atoms with E-state index in [0.717, 1.165) is 47.0 Å². The Hall–Kier alpha value is -1.66. The zero-order valence-electron chi connectivity index (χ0n) is 13.2. The molecule has 0 aliphatic carbocycles. The normalized spacial score (nSPS) is 26.9. The molecule has 2 aliphatic heterocycles. The van der Waals surface area contributed by atoms with Gasteiger partial charge in [0.25, 0.3) is 5.91 Å². The summed E-state index contributed by atoms with van der Waals surface area (Å²) in [5.41, 5.74) is 8.43. The van der Waals surface area contributed by atoms with Crippen molar-refractivity contribution in [1.29, 1.82) is 0 Å². The van der Waals surface area contributed by atoms with Crippen LogP contribution < -0.4 is 5.73 Å². The second kappa shape index (κ2) is 5.46. The zero-order chi connectivity index (χ0) is 16.1. The van der Waals surface area contributed by atoms with Crippen LogP contribution in [-0.2, 0) is 0 Å². The average Bonchev–Trinajstić information content (AvgIpc) is 3.03. The topological polar surface area (TPSA) is 79.5 Å². The zero-order valence-corrected chi connectivity index (χ0v) is 14.0. The number of carbonyl (C=O) groups is 1. The minimum Gasteiger partial charge on any atom is -0.396 e. The molecular weight excluding hydrogens is 310 g/mol. The fourth-order valence-corrected chi connectivity index (χ4v) is 5.11. The molecule has 5 nitrogen and oxygen atoms in total. The van der Waals surface area contributed by atoms with Gasteiger partial charge in [-0.3, -0.25) is 4.79 Å². The van der Waals surface area contributed by atoms with Gasteiger partial charge < -0.3 is 15.7 Å². The Kier molecular flexibility index (Phi) is 3.54. The third kappa shape index (κ3) is 2.40. The minimum absolute atomic E-state index is 0.117. The lowest BCUT2D eigenvalue weighted by molar-refractivity contribution is 0.0453. The van der Waals surface area contributed by atoms with Gasteiger partial charge in [0, 0.05) is 24.3 Å². The molecule has 122 valence electrons. The molecule has 2 saturated heterocycles. The molecule has 3 atom stereocenters. The van der Waals surface area contributed by atoms with E-state index in [1.807, 2.05) is 19.1 Å². The number of nitrogens with zero attached hydrogens (tertiary/aromatic N) is 2. The number of nitrogens with two attached hydrogens (primary N) is 1. The number of benzene rings is 1. The first kappa shape index (κ1) is 14.9. The van der Waals surface area contributed by atoms with Gasteiger partial charge in [-0.25, -0.2) is 4.98 Å². The Balaban J connectivity index is 1.67. The average molecular weight is 331 g/mol. The molecule has 4 rings (SSSR count). The van der Waals surface area contributed by atoms with Gasteiger partial charge in [0.2, 0.25) is 0 Å². The van der Waals surface area contributed by atoms with Crippen molar-refractivity contribution in [2.75, 3.05) is 12.3 Å². The van der Waals surface area contributed by atoms with E-state index in [1.165, 1.54) is 11.3 Å². The number of thiazole rings is 1.